The zero-order chi connectivity index (χ0) is 20.6. The molecule has 5 nitrogen and oxygen atoms in total. The number of nitrogens with one attached hydrogen (secondary N) is 1. The van der Waals surface area contributed by atoms with Crippen LogP contribution in [0.2, 0.25) is 5.02 Å². The number of halogens is 1. The zero-order valence-electron chi connectivity index (χ0n) is 16.7. The number of aryl methyl sites for hydroxylation is 1. The molecule has 1 heterocycles. The molecule has 3 rings (SSSR count). The second-order valence-corrected chi connectivity index (χ2v) is 7.81. The van der Waals surface area contributed by atoms with E-state index in [-0.39, 0.29) is 17.9 Å². The van der Waals surface area contributed by atoms with Gasteiger partial charge in [0.25, 0.3) is 0 Å². The van der Waals surface area contributed by atoms with Crippen LogP contribution in [0.15, 0.2) is 48.5 Å². The van der Waals surface area contributed by atoms with Crippen LogP contribution in [0.3, 0.4) is 0 Å². The molecule has 0 spiro atoms. The number of carbonyl (C=O) groups excluding carboxylic acids is 2. The van der Waals surface area contributed by atoms with Crippen LogP contribution in [0.1, 0.15) is 30.4 Å². The van der Waals surface area contributed by atoms with E-state index in [0.29, 0.717) is 37.4 Å². The first-order valence-corrected chi connectivity index (χ1v) is 10.4. The molecule has 0 aliphatic carbocycles. The number of methoxy groups -OCH3 is 1. The van der Waals surface area contributed by atoms with Crippen molar-refractivity contribution in [1.82, 2.24) is 10.2 Å². The van der Waals surface area contributed by atoms with Crippen molar-refractivity contribution in [1.29, 1.82) is 0 Å². The molecule has 2 amide bonds. The second-order valence-electron chi connectivity index (χ2n) is 7.37. The summed E-state index contributed by atoms with van der Waals surface area (Å²) in [5.41, 5.74) is 2.07. The molecule has 0 aromatic heterocycles. The molecule has 1 N–H and O–H groups in total. The van der Waals surface area contributed by atoms with Crippen LogP contribution in [-0.4, -0.2) is 43.0 Å². The van der Waals surface area contributed by atoms with Gasteiger partial charge in [0.2, 0.25) is 11.8 Å². The van der Waals surface area contributed by atoms with Gasteiger partial charge in [0.1, 0.15) is 5.75 Å². The van der Waals surface area contributed by atoms with E-state index in [0.717, 1.165) is 29.7 Å². The molecule has 0 unspecified atom stereocenters. The van der Waals surface area contributed by atoms with Gasteiger partial charge in [0.15, 0.2) is 0 Å². The van der Waals surface area contributed by atoms with Crippen LogP contribution in [0, 0.1) is 0 Å². The molecule has 1 aliphatic rings. The zero-order valence-corrected chi connectivity index (χ0v) is 17.5. The number of ether oxygens (including phenoxy) is 1. The highest BCUT2D eigenvalue weighted by atomic mass is 35.5. The molecule has 1 fully saturated rings. The van der Waals surface area contributed by atoms with Gasteiger partial charge in [0, 0.05) is 30.6 Å². The van der Waals surface area contributed by atoms with E-state index in [4.69, 9.17) is 16.3 Å². The van der Waals surface area contributed by atoms with Gasteiger partial charge in [-0.3, -0.25) is 9.59 Å². The SMILES string of the molecule is COc1ccc(CC(=O)NC2CCN(C(=O)CCc3ccc(Cl)cc3)CC2)cc1. The number of piperidine rings is 1. The summed E-state index contributed by atoms with van der Waals surface area (Å²) in [7, 11) is 1.62. The van der Waals surface area contributed by atoms with Gasteiger partial charge in [-0.25, -0.2) is 0 Å². The average Bonchev–Trinajstić information content (AvgIpc) is 2.74. The van der Waals surface area contributed by atoms with Gasteiger partial charge >= 0.3 is 0 Å². The van der Waals surface area contributed by atoms with Gasteiger partial charge < -0.3 is 15.0 Å². The van der Waals surface area contributed by atoms with Crippen molar-refractivity contribution in [2.75, 3.05) is 20.2 Å². The Labute approximate surface area is 177 Å². The molecule has 0 bridgehead atoms. The van der Waals surface area contributed by atoms with Gasteiger partial charge in [0.05, 0.1) is 13.5 Å². The number of amides is 2. The molecular weight excluding hydrogens is 388 g/mol. The average molecular weight is 415 g/mol. The Morgan fingerprint density at radius 1 is 1.03 bits per heavy atom. The van der Waals surface area contributed by atoms with E-state index in [1.165, 1.54) is 0 Å². The third-order valence-corrected chi connectivity index (χ3v) is 5.53. The maximum atomic E-state index is 12.5. The maximum absolute atomic E-state index is 12.5. The van der Waals surface area contributed by atoms with E-state index in [1.54, 1.807) is 7.11 Å². The lowest BCUT2D eigenvalue weighted by Crippen LogP contribution is -2.46. The highest BCUT2D eigenvalue weighted by Gasteiger charge is 2.23. The van der Waals surface area contributed by atoms with E-state index in [1.807, 2.05) is 53.4 Å². The fourth-order valence-corrected chi connectivity index (χ4v) is 3.67. The van der Waals surface area contributed by atoms with Crippen molar-refractivity contribution < 1.29 is 14.3 Å². The lowest BCUT2D eigenvalue weighted by Gasteiger charge is -2.32. The van der Waals surface area contributed by atoms with Crippen molar-refractivity contribution in [3.05, 3.63) is 64.7 Å². The molecule has 0 atom stereocenters. The quantitative estimate of drug-likeness (QED) is 0.752. The first-order valence-electron chi connectivity index (χ1n) is 9.98. The summed E-state index contributed by atoms with van der Waals surface area (Å²) in [6.45, 7) is 1.37. The highest BCUT2D eigenvalue weighted by molar-refractivity contribution is 6.30. The van der Waals surface area contributed by atoms with Gasteiger partial charge in [-0.15, -0.1) is 0 Å². The number of hydrogen-bond acceptors (Lipinski definition) is 3. The molecule has 1 saturated heterocycles. The first-order chi connectivity index (χ1) is 14.0. The normalized spacial score (nSPS) is 14.5. The van der Waals surface area contributed by atoms with Crippen LogP contribution >= 0.6 is 11.6 Å². The number of hydrogen-bond donors (Lipinski definition) is 1. The van der Waals surface area contributed by atoms with Crippen LogP contribution in [0.25, 0.3) is 0 Å². The minimum atomic E-state index is 0.0164. The third-order valence-electron chi connectivity index (χ3n) is 5.28. The number of nitrogens with zero attached hydrogens (tertiary/aromatic N) is 1. The molecule has 29 heavy (non-hydrogen) atoms. The summed E-state index contributed by atoms with van der Waals surface area (Å²) in [4.78, 5) is 26.7. The Kier molecular flexibility index (Phi) is 7.53. The molecule has 2 aromatic carbocycles. The summed E-state index contributed by atoms with van der Waals surface area (Å²) >= 11 is 5.89. The van der Waals surface area contributed by atoms with E-state index >= 15 is 0 Å². The molecule has 0 saturated carbocycles. The van der Waals surface area contributed by atoms with Gasteiger partial charge in [-0.2, -0.15) is 0 Å². The molecule has 1 aliphatic heterocycles. The van der Waals surface area contributed by atoms with Gasteiger partial charge in [-0.05, 0) is 54.7 Å². The van der Waals surface area contributed by atoms with Crippen LogP contribution in [-0.2, 0) is 22.4 Å². The number of likely N-dealkylation sites (tertiary alicyclic amines) is 1. The van der Waals surface area contributed by atoms with E-state index in [9.17, 15) is 9.59 Å². The molecule has 0 radical (unpaired) electrons. The lowest BCUT2D eigenvalue weighted by atomic mass is 10.0. The van der Waals surface area contributed by atoms with Crippen molar-refractivity contribution in [3.8, 4) is 5.75 Å². The minimum absolute atomic E-state index is 0.0164. The monoisotopic (exact) mass is 414 g/mol. The van der Waals surface area contributed by atoms with Crippen LogP contribution in [0.5, 0.6) is 5.75 Å². The molecule has 6 heteroatoms. The summed E-state index contributed by atoms with van der Waals surface area (Å²) in [5, 5.41) is 3.80. The second kappa shape index (κ2) is 10.3. The summed E-state index contributed by atoms with van der Waals surface area (Å²) < 4.78 is 5.13. The summed E-state index contributed by atoms with van der Waals surface area (Å²) in [6.07, 6.45) is 3.15. The van der Waals surface area contributed by atoms with Crippen LogP contribution in [0.4, 0.5) is 0 Å². The van der Waals surface area contributed by atoms with Crippen molar-refractivity contribution in [3.63, 3.8) is 0 Å². The van der Waals surface area contributed by atoms with Crippen molar-refractivity contribution >= 4 is 23.4 Å². The number of benzene rings is 2. The van der Waals surface area contributed by atoms with Crippen LogP contribution < -0.4 is 10.1 Å². The molecule has 154 valence electrons. The first kappa shape index (κ1) is 21.2. The number of carbonyl (C=O) groups is 2. The topological polar surface area (TPSA) is 58.6 Å². The lowest BCUT2D eigenvalue weighted by molar-refractivity contribution is -0.132. The smallest absolute Gasteiger partial charge is 0.224 e. The van der Waals surface area contributed by atoms with Gasteiger partial charge in [-0.1, -0.05) is 35.9 Å². The fraction of sp³-hybridized carbons (Fsp3) is 0.391. The van der Waals surface area contributed by atoms with Crippen molar-refractivity contribution in [2.24, 2.45) is 0 Å². The minimum Gasteiger partial charge on any atom is -0.497 e. The predicted molar refractivity (Wildman–Crippen MR) is 114 cm³/mol. The molecular formula is C23H27ClN2O3. The number of rotatable bonds is 7. The highest BCUT2D eigenvalue weighted by Crippen LogP contribution is 2.16. The van der Waals surface area contributed by atoms with E-state index < -0.39 is 0 Å². The Bertz CT molecular complexity index is 813. The molecule has 2 aromatic rings. The largest absolute Gasteiger partial charge is 0.497 e. The Morgan fingerprint density at radius 2 is 1.66 bits per heavy atom. The Morgan fingerprint density at radius 3 is 2.28 bits per heavy atom. The van der Waals surface area contributed by atoms with Crippen molar-refractivity contribution in [2.45, 2.75) is 38.1 Å². The standard InChI is InChI=1S/C23H27ClN2O3/c1-29-21-9-4-18(5-10-21)16-22(27)25-20-12-14-26(15-13-20)23(28)11-6-17-2-7-19(24)8-3-17/h2-5,7-10,20H,6,11-16H2,1H3,(H,25,27). The third kappa shape index (κ3) is 6.50. The maximum Gasteiger partial charge on any atom is 0.224 e. The Hall–Kier alpha value is -2.53. The Balaban J connectivity index is 1.38. The summed E-state index contributed by atoms with van der Waals surface area (Å²) in [6, 6.07) is 15.3. The van der Waals surface area contributed by atoms with E-state index in [2.05, 4.69) is 5.32 Å². The fourth-order valence-electron chi connectivity index (χ4n) is 3.54. The summed E-state index contributed by atoms with van der Waals surface area (Å²) in [5.74, 6) is 0.966. The predicted octanol–water partition coefficient (Wildman–Crippen LogP) is 3.63.